The molecule has 136 valence electrons. The van der Waals surface area contributed by atoms with Gasteiger partial charge in [-0.15, -0.1) is 11.8 Å². The second-order valence-corrected chi connectivity index (χ2v) is 8.24. The van der Waals surface area contributed by atoms with Crippen LogP contribution in [0.25, 0.3) is 0 Å². The molecular weight excluding hydrogens is 376 g/mol. The standard InChI is InChI=1S/C17H16N2O5S2/c1-11-8-9-18(12-4-2-3-5-13(12)25-11)15(20)10-24-17(21)14-6-7-16(26-14)19(22)23/h2-7,11H,8-10H2,1H3. The molecule has 1 unspecified atom stereocenters. The van der Waals surface area contributed by atoms with Crippen molar-refractivity contribution in [2.24, 2.45) is 0 Å². The molecule has 1 aliphatic heterocycles. The van der Waals surface area contributed by atoms with E-state index in [0.29, 0.717) is 11.8 Å². The highest BCUT2D eigenvalue weighted by atomic mass is 32.2. The summed E-state index contributed by atoms with van der Waals surface area (Å²) < 4.78 is 5.07. The van der Waals surface area contributed by atoms with Gasteiger partial charge in [0.05, 0.1) is 10.6 Å². The number of anilines is 1. The number of thiophene rings is 1. The van der Waals surface area contributed by atoms with Crippen molar-refractivity contribution >= 4 is 45.7 Å². The molecule has 0 radical (unpaired) electrons. The Morgan fingerprint density at radius 2 is 2.08 bits per heavy atom. The number of nitro groups is 1. The Labute approximate surface area is 158 Å². The van der Waals surface area contributed by atoms with Crippen molar-refractivity contribution in [3.05, 3.63) is 51.4 Å². The summed E-state index contributed by atoms with van der Waals surface area (Å²) >= 11 is 2.44. The first kappa shape index (κ1) is 18.4. The summed E-state index contributed by atoms with van der Waals surface area (Å²) in [6.07, 6.45) is 0.830. The SMILES string of the molecule is CC1CCN(C(=O)COC(=O)c2ccc([N+](=O)[O-])s2)c2ccccc2S1. The number of esters is 1. The lowest BCUT2D eigenvalue weighted by molar-refractivity contribution is -0.380. The van der Waals surface area contributed by atoms with Gasteiger partial charge in [-0.25, -0.2) is 4.79 Å². The fraction of sp³-hybridized carbons (Fsp3) is 0.294. The van der Waals surface area contributed by atoms with Crippen molar-refractivity contribution in [2.75, 3.05) is 18.1 Å². The summed E-state index contributed by atoms with van der Waals surface area (Å²) in [4.78, 5) is 37.5. The second kappa shape index (κ2) is 7.88. The van der Waals surface area contributed by atoms with E-state index in [1.54, 1.807) is 16.7 Å². The van der Waals surface area contributed by atoms with Gasteiger partial charge in [-0.2, -0.15) is 0 Å². The highest BCUT2D eigenvalue weighted by molar-refractivity contribution is 8.00. The van der Waals surface area contributed by atoms with Crippen LogP contribution in [0.4, 0.5) is 10.7 Å². The van der Waals surface area contributed by atoms with E-state index in [-0.39, 0.29) is 15.8 Å². The number of hydrogen-bond donors (Lipinski definition) is 0. The molecule has 9 heteroatoms. The number of fused-ring (bicyclic) bond motifs is 1. The van der Waals surface area contributed by atoms with Crippen molar-refractivity contribution in [3.63, 3.8) is 0 Å². The van der Waals surface area contributed by atoms with Crippen LogP contribution < -0.4 is 4.90 Å². The van der Waals surface area contributed by atoms with Crippen LogP contribution >= 0.6 is 23.1 Å². The molecule has 1 amide bonds. The zero-order valence-electron chi connectivity index (χ0n) is 13.9. The Kier molecular flexibility index (Phi) is 5.58. The lowest BCUT2D eigenvalue weighted by Crippen LogP contribution is -2.35. The minimum absolute atomic E-state index is 0.102. The first-order valence-corrected chi connectivity index (χ1v) is 9.62. The molecule has 1 aliphatic rings. The molecule has 1 aromatic carbocycles. The summed E-state index contributed by atoms with van der Waals surface area (Å²) in [7, 11) is 0. The molecule has 0 saturated heterocycles. The molecule has 0 bridgehead atoms. The van der Waals surface area contributed by atoms with Crippen LogP contribution in [0, 0.1) is 10.1 Å². The lowest BCUT2D eigenvalue weighted by Gasteiger charge is -2.22. The molecule has 26 heavy (non-hydrogen) atoms. The first-order chi connectivity index (χ1) is 12.5. The van der Waals surface area contributed by atoms with Gasteiger partial charge in [-0.3, -0.25) is 14.9 Å². The Morgan fingerprint density at radius 1 is 1.31 bits per heavy atom. The summed E-state index contributed by atoms with van der Waals surface area (Å²) in [6, 6.07) is 10.2. The number of carbonyl (C=O) groups is 2. The average Bonchev–Trinajstić information content (AvgIpc) is 3.05. The van der Waals surface area contributed by atoms with Gasteiger partial charge in [-0.05, 0) is 24.6 Å². The van der Waals surface area contributed by atoms with Gasteiger partial charge in [0.2, 0.25) is 0 Å². The van der Waals surface area contributed by atoms with Gasteiger partial charge in [0, 0.05) is 22.8 Å². The van der Waals surface area contributed by atoms with Crippen molar-refractivity contribution in [2.45, 2.75) is 23.5 Å². The van der Waals surface area contributed by atoms with E-state index in [9.17, 15) is 19.7 Å². The van der Waals surface area contributed by atoms with Gasteiger partial charge in [-0.1, -0.05) is 30.4 Å². The van der Waals surface area contributed by atoms with E-state index in [2.05, 4.69) is 6.92 Å². The van der Waals surface area contributed by atoms with Crippen LogP contribution in [0.15, 0.2) is 41.3 Å². The first-order valence-electron chi connectivity index (χ1n) is 7.93. The van der Waals surface area contributed by atoms with Crippen molar-refractivity contribution in [1.29, 1.82) is 0 Å². The summed E-state index contributed by atoms with van der Waals surface area (Å²) in [5.74, 6) is -1.05. The number of hydrogen-bond acceptors (Lipinski definition) is 7. The van der Waals surface area contributed by atoms with E-state index >= 15 is 0 Å². The van der Waals surface area contributed by atoms with Crippen molar-refractivity contribution < 1.29 is 19.2 Å². The highest BCUT2D eigenvalue weighted by Gasteiger charge is 2.25. The number of thioether (sulfide) groups is 1. The second-order valence-electron chi connectivity index (χ2n) is 5.70. The number of ether oxygens (including phenoxy) is 1. The maximum Gasteiger partial charge on any atom is 0.349 e. The van der Waals surface area contributed by atoms with Gasteiger partial charge in [0.15, 0.2) is 6.61 Å². The minimum atomic E-state index is -0.734. The van der Waals surface area contributed by atoms with E-state index in [1.807, 2.05) is 24.3 Å². The Bertz CT molecular complexity index is 851. The molecule has 0 saturated carbocycles. The van der Waals surface area contributed by atoms with E-state index in [0.717, 1.165) is 28.3 Å². The monoisotopic (exact) mass is 392 g/mol. The lowest BCUT2D eigenvalue weighted by atomic mass is 10.2. The number of amides is 1. The minimum Gasteiger partial charge on any atom is -0.451 e. The molecule has 1 atom stereocenters. The molecule has 7 nitrogen and oxygen atoms in total. The predicted molar refractivity (Wildman–Crippen MR) is 100.0 cm³/mol. The number of nitrogens with zero attached hydrogens (tertiary/aromatic N) is 2. The smallest absolute Gasteiger partial charge is 0.349 e. The van der Waals surface area contributed by atoms with E-state index < -0.39 is 17.5 Å². The van der Waals surface area contributed by atoms with Crippen LogP contribution in [-0.4, -0.2) is 35.2 Å². The van der Waals surface area contributed by atoms with E-state index in [1.165, 1.54) is 12.1 Å². The highest BCUT2D eigenvalue weighted by Crippen LogP contribution is 2.37. The summed E-state index contributed by atoms with van der Waals surface area (Å²) in [5, 5.41) is 10.9. The van der Waals surface area contributed by atoms with Crippen LogP contribution in [0.3, 0.4) is 0 Å². The summed E-state index contributed by atoms with van der Waals surface area (Å²) in [5.41, 5.74) is 0.815. The largest absolute Gasteiger partial charge is 0.451 e. The van der Waals surface area contributed by atoms with Gasteiger partial charge in [0.1, 0.15) is 4.88 Å². The molecule has 0 fully saturated rings. The number of para-hydroxylation sites is 1. The number of benzene rings is 1. The molecule has 0 spiro atoms. The normalized spacial score (nSPS) is 16.5. The van der Waals surface area contributed by atoms with Crippen LogP contribution in [0.2, 0.25) is 0 Å². The molecule has 3 rings (SSSR count). The van der Waals surface area contributed by atoms with Crippen molar-refractivity contribution in [3.8, 4) is 0 Å². The van der Waals surface area contributed by atoms with Crippen molar-refractivity contribution in [1.82, 2.24) is 0 Å². The third-order valence-electron chi connectivity index (χ3n) is 3.84. The van der Waals surface area contributed by atoms with Crippen LogP contribution in [-0.2, 0) is 9.53 Å². The zero-order valence-corrected chi connectivity index (χ0v) is 15.5. The molecule has 0 N–H and O–H groups in total. The van der Waals surface area contributed by atoms with Crippen LogP contribution in [0.1, 0.15) is 23.0 Å². The Balaban J connectivity index is 1.68. The number of carbonyl (C=O) groups excluding carboxylic acids is 2. The summed E-state index contributed by atoms with van der Waals surface area (Å²) in [6.45, 7) is 2.25. The topological polar surface area (TPSA) is 89.8 Å². The molecule has 1 aromatic heterocycles. The van der Waals surface area contributed by atoms with Gasteiger partial charge in [0.25, 0.3) is 5.91 Å². The Hall–Kier alpha value is -2.39. The molecular formula is C17H16N2O5S2. The zero-order chi connectivity index (χ0) is 18.7. The molecule has 2 heterocycles. The predicted octanol–water partition coefficient (Wildman–Crippen LogP) is 3.73. The fourth-order valence-electron chi connectivity index (χ4n) is 2.56. The third kappa shape index (κ3) is 4.05. The number of rotatable bonds is 4. The third-order valence-corrected chi connectivity index (χ3v) is 6.10. The maximum atomic E-state index is 12.6. The van der Waals surface area contributed by atoms with E-state index in [4.69, 9.17) is 4.74 Å². The quantitative estimate of drug-likeness (QED) is 0.447. The van der Waals surface area contributed by atoms with Crippen LogP contribution in [0.5, 0.6) is 0 Å². The maximum absolute atomic E-state index is 12.6. The molecule has 0 aliphatic carbocycles. The van der Waals surface area contributed by atoms with Gasteiger partial charge >= 0.3 is 11.0 Å². The fourth-order valence-corrected chi connectivity index (χ4v) is 4.38. The average molecular weight is 392 g/mol. The van der Waals surface area contributed by atoms with Gasteiger partial charge < -0.3 is 9.64 Å². The Morgan fingerprint density at radius 3 is 2.81 bits per heavy atom. The molecule has 2 aromatic rings.